The van der Waals surface area contributed by atoms with Crippen LogP contribution in [0.2, 0.25) is 0 Å². The molecule has 1 aliphatic heterocycles. The summed E-state index contributed by atoms with van der Waals surface area (Å²) in [6.45, 7) is 9.30. The summed E-state index contributed by atoms with van der Waals surface area (Å²) in [5.74, 6) is 0.675. The second-order valence-electron chi connectivity index (χ2n) is 6.67. The summed E-state index contributed by atoms with van der Waals surface area (Å²) in [7, 11) is 0. The highest BCUT2D eigenvalue weighted by Gasteiger charge is 2.26. The van der Waals surface area contributed by atoms with Gasteiger partial charge in [0, 0.05) is 18.6 Å². The molecule has 1 aliphatic carbocycles. The maximum absolute atomic E-state index is 6.05. The zero-order chi connectivity index (χ0) is 13.0. The predicted molar refractivity (Wildman–Crippen MR) is 76.9 cm³/mol. The maximum atomic E-state index is 6.05. The molecule has 18 heavy (non-hydrogen) atoms. The van der Waals surface area contributed by atoms with Crippen molar-refractivity contribution >= 4 is 0 Å². The van der Waals surface area contributed by atoms with Crippen molar-refractivity contribution < 1.29 is 4.74 Å². The molecule has 3 atom stereocenters. The summed E-state index contributed by atoms with van der Waals surface area (Å²) >= 11 is 0. The van der Waals surface area contributed by atoms with E-state index in [4.69, 9.17) is 4.74 Å². The summed E-state index contributed by atoms with van der Waals surface area (Å²) < 4.78 is 6.05. The normalized spacial score (nSPS) is 32.8. The summed E-state index contributed by atoms with van der Waals surface area (Å²) in [4.78, 5) is 2.70. The van der Waals surface area contributed by atoms with Crippen molar-refractivity contribution in [1.82, 2.24) is 4.90 Å². The Kier molecular flexibility index (Phi) is 5.50. The molecule has 2 fully saturated rings. The van der Waals surface area contributed by atoms with Gasteiger partial charge in [-0.15, -0.1) is 0 Å². The first kappa shape index (κ1) is 14.3. The SMILES string of the molecule is C[C@H](COC1CCCC1)CN1[C@@H](C)CCC[C@@H]1C. The molecule has 0 aromatic rings. The van der Waals surface area contributed by atoms with Gasteiger partial charge in [0.15, 0.2) is 0 Å². The molecule has 0 unspecified atom stereocenters. The van der Waals surface area contributed by atoms with E-state index in [-0.39, 0.29) is 0 Å². The molecule has 0 bridgehead atoms. The number of likely N-dealkylation sites (tertiary alicyclic amines) is 1. The van der Waals surface area contributed by atoms with Crippen LogP contribution < -0.4 is 0 Å². The third-order valence-electron chi connectivity index (χ3n) is 4.82. The Morgan fingerprint density at radius 3 is 2.22 bits per heavy atom. The summed E-state index contributed by atoms with van der Waals surface area (Å²) in [6, 6.07) is 1.53. The predicted octanol–water partition coefficient (Wildman–Crippen LogP) is 3.84. The molecule has 1 heterocycles. The van der Waals surface area contributed by atoms with E-state index in [1.807, 2.05) is 0 Å². The lowest BCUT2D eigenvalue weighted by atomic mass is 9.96. The molecule has 0 aromatic carbocycles. The smallest absolute Gasteiger partial charge is 0.0575 e. The number of piperidine rings is 1. The number of hydrogen-bond donors (Lipinski definition) is 0. The molecule has 0 radical (unpaired) electrons. The van der Waals surface area contributed by atoms with Crippen molar-refractivity contribution in [2.24, 2.45) is 5.92 Å². The van der Waals surface area contributed by atoms with Gasteiger partial charge < -0.3 is 4.74 Å². The second kappa shape index (κ2) is 6.91. The van der Waals surface area contributed by atoms with Crippen molar-refractivity contribution in [1.29, 1.82) is 0 Å². The Labute approximate surface area is 113 Å². The van der Waals surface area contributed by atoms with Gasteiger partial charge in [-0.25, -0.2) is 0 Å². The van der Waals surface area contributed by atoms with Crippen molar-refractivity contribution in [3.05, 3.63) is 0 Å². The Morgan fingerprint density at radius 2 is 1.61 bits per heavy atom. The van der Waals surface area contributed by atoms with Crippen molar-refractivity contribution in [3.8, 4) is 0 Å². The van der Waals surface area contributed by atoms with Crippen LogP contribution in [0.4, 0.5) is 0 Å². The number of nitrogens with zero attached hydrogens (tertiary/aromatic N) is 1. The second-order valence-corrected chi connectivity index (χ2v) is 6.67. The van der Waals surface area contributed by atoms with Gasteiger partial charge in [0.1, 0.15) is 0 Å². The fraction of sp³-hybridized carbons (Fsp3) is 1.00. The highest BCUT2D eigenvalue weighted by atomic mass is 16.5. The van der Waals surface area contributed by atoms with E-state index in [2.05, 4.69) is 25.7 Å². The molecule has 0 spiro atoms. The fourth-order valence-corrected chi connectivity index (χ4v) is 3.60. The number of rotatable bonds is 5. The molecule has 2 heteroatoms. The first-order valence-electron chi connectivity index (χ1n) is 8.04. The van der Waals surface area contributed by atoms with Crippen LogP contribution in [0.25, 0.3) is 0 Å². The van der Waals surface area contributed by atoms with Crippen LogP contribution >= 0.6 is 0 Å². The molecule has 0 N–H and O–H groups in total. The van der Waals surface area contributed by atoms with Gasteiger partial charge in [-0.05, 0) is 45.4 Å². The van der Waals surface area contributed by atoms with Gasteiger partial charge in [-0.3, -0.25) is 4.90 Å². The lowest BCUT2D eigenvalue weighted by Crippen LogP contribution is -2.46. The van der Waals surface area contributed by atoms with E-state index in [0.29, 0.717) is 12.0 Å². The summed E-state index contributed by atoms with van der Waals surface area (Å²) in [6.07, 6.45) is 10.1. The zero-order valence-electron chi connectivity index (χ0n) is 12.5. The Balaban J connectivity index is 1.70. The minimum Gasteiger partial charge on any atom is -0.378 e. The largest absolute Gasteiger partial charge is 0.378 e. The molecule has 1 saturated carbocycles. The lowest BCUT2D eigenvalue weighted by molar-refractivity contribution is 0.0130. The van der Waals surface area contributed by atoms with E-state index in [0.717, 1.165) is 18.7 Å². The number of ether oxygens (including phenoxy) is 1. The standard InChI is InChI=1S/C16H31NO/c1-13(12-18-16-9-4-5-10-16)11-17-14(2)7-6-8-15(17)3/h13-16H,4-12H2,1-3H3/t13-,14-,15-/m0/s1. The minimum absolute atomic E-state index is 0.573. The molecule has 0 amide bonds. The van der Waals surface area contributed by atoms with Crippen LogP contribution in [-0.2, 0) is 4.74 Å². The highest BCUT2D eigenvalue weighted by Crippen LogP contribution is 2.25. The summed E-state index contributed by atoms with van der Waals surface area (Å²) in [5.41, 5.74) is 0. The molecule has 2 aliphatic rings. The zero-order valence-corrected chi connectivity index (χ0v) is 12.5. The molecule has 2 rings (SSSR count). The quantitative estimate of drug-likeness (QED) is 0.738. The van der Waals surface area contributed by atoms with E-state index < -0.39 is 0 Å². The summed E-state index contributed by atoms with van der Waals surface area (Å²) in [5, 5.41) is 0. The van der Waals surface area contributed by atoms with Gasteiger partial charge in [-0.2, -0.15) is 0 Å². The topological polar surface area (TPSA) is 12.5 Å². The minimum atomic E-state index is 0.573. The van der Waals surface area contributed by atoms with Crippen molar-refractivity contribution in [2.45, 2.75) is 83.9 Å². The van der Waals surface area contributed by atoms with Crippen LogP contribution in [-0.4, -0.2) is 36.2 Å². The van der Waals surface area contributed by atoms with Gasteiger partial charge in [0.2, 0.25) is 0 Å². The maximum Gasteiger partial charge on any atom is 0.0575 e. The third kappa shape index (κ3) is 3.96. The van der Waals surface area contributed by atoms with Gasteiger partial charge >= 0.3 is 0 Å². The Hall–Kier alpha value is -0.0800. The molecular weight excluding hydrogens is 222 g/mol. The monoisotopic (exact) mass is 253 g/mol. The highest BCUT2D eigenvalue weighted by molar-refractivity contribution is 4.80. The molecule has 2 nitrogen and oxygen atoms in total. The van der Waals surface area contributed by atoms with Gasteiger partial charge in [0.05, 0.1) is 12.7 Å². The van der Waals surface area contributed by atoms with Crippen LogP contribution in [0.1, 0.15) is 65.7 Å². The fourth-order valence-electron chi connectivity index (χ4n) is 3.60. The molecular formula is C16H31NO. The number of hydrogen-bond acceptors (Lipinski definition) is 2. The Morgan fingerprint density at radius 1 is 1.00 bits per heavy atom. The average molecular weight is 253 g/mol. The van der Waals surface area contributed by atoms with E-state index in [1.54, 1.807) is 0 Å². The molecule has 0 aromatic heterocycles. The Bertz CT molecular complexity index is 227. The van der Waals surface area contributed by atoms with Crippen LogP contribution in [0.15, 0.2) is 0 Å². The molecule has 106 valence electrons. The van der Waals surface area contributed by atoms with Gasteiger partial charge in [0.25, 0.3) is 0 Å². The van der Waals surface area contributed by atoms with E-state index >= 15 is 0 Å². The van der Waals surface area contributed by atoms with E-state index in [9.17, 15) is 0 Å². The van der Waals surface area contributed by atoms with E-state index in [1.165, 1.54) is 51.5 Å². The van der Waals surface area contributed by atoms with Crippen molar-refractivity contribution in [3.63, 3.8) is 0 Å². The first-order valence-corrected chi connectivity index (χ1v) is 8.04. The third-order valence-corrected chi connectivity index (χ3v) is 4.82. The van der Waals surface area contributed by atoms with Crippen molar-refractivity contribution in [2.75, 3.05) is 13.2 Å². The van der Waals surface area contributed by atoms with Gasteiger partial charge in [-0.1, -0.05) is 26.2 Å². The first-order chi connectivity index (χ1) is 8.66. The van der Waals surface area contributed by atoms with Crippen LogP contribution in [0.5, 0.6) is 0 Å². The molecule has 1 saturated heterocycles. The van der Waals surface area contributed by atoms with Crippen LogP contribution in [0.3, 0.4) is 0 Å². The van der Waals surface area contributed by atoms with Crippen LogP contribution in [0, 0.1) is 5.92 Å². The average Bonchev–Trinajstić information content (AvgIpc) is 2.84. The lowest BCUT2D eigenvalue weighted by Gasteiger charge is -2.40.